The number of nitrogens with one attached hydrogen (secondary N) is 1. The normalized spacial score (nSPS) is 12.5. The van der Waals surface area contributed by atoms with Crippen LogP contribution in [0.1, 0.15) is 5.56 Å². The number of hydrogen-bond acceptors (Lipinski definition) is 2. The topological polar surface area (TPSA) is 29.1 Å². The fraction of sp³-hybridized carbons (Fsp3) is 0.364. The Morgan fingerprint density at radius 3 is 2.50 bits per heavy atom. The molecule has 1 amide bonds. The van der Waals surface area contributed by atoms with Crippen LogP contribution in [0.4, 0.5) is 8.78 Å². The van der Waals surface area contributed by atoms with Crippen LogP contribution in [0.3, 0.4) is 0 Å². The summed E-state index contributed by atoms with van der Waals surface area (Å²) in [5.41, 5.74) is 0.953. The van der Waals surface area contributed by atoms with Crippen molar-refractivity contribution in [3.8, 4) is 0 Å². The van der Waals surface area contributed by atoms with Gasteiger partial charge in [-0.05, 0) is 12.0 Å². The van der Waals surface area contributed by atoms with Crippen molar-refractivity contribution in [1.82, 2.24) is 5.32 Å². The third-order valence-corrected chi connectivity index (χ3v) is 2.42. The van der Waals surface area contributed by atoms with E-state index in [2.05, 4.69) is 17.9 Å². The molecule has 0 spiro atoms. The predicted molar refractivity (Wildman–Crippen MR) is 61.9 cm³/mol. The van der Waals surface area contributed by atoms with Gasteiger partial charge in [0.25, 0.3) is 6.43 Å². The number of alkyl halides is 2. The first-order valence-electron chi connectivity index (χ1n) is 4.87. The second-order valence-electron chi connectivity index (χ2n) is 3.34. The molecule has 5 heteroatoms. The van der Waals surface area contributed by atoms with E-state index in [1.165, 1.54) is 0 Å². The lowest BCUT2D eigenvalue weighted by Crippen LogP contribution is -2.35. The van der Waals surface area contributed by atoms with Gasteiger partial charge in [-0.2, -0.15) is 12.6 Å². The van der Waals surface area contributed by atoms with Gasteiger partial charge in [0, 0.05) is 0 Å². The van der Waals surface area contributed by atoms with Crippen LogP contribution in [0.25, 0.3) is 0 Å². The summed E-state index contributed by atoms with van der Waals surface area (Å²) in [6.45, 7) is -0.620. The molecule has 0 aliphatic rings. The van der Waals surface area contributed by atoms with E-state index in [4.69, 9.17) is 0 Å². The van der Waals surface area contributed by atoms with E-state index >= 15 is 0 Å². The molecule has 16 heavy (non-hydrogen) atoms. The van der Waals surface area contributed by atoms with Crippen LogP contribution in [0.5, 0.6) is 0 Å². The smallest absolute Gasteiger partial charge is 0.255 e. The van der Waals surface area contributed by atoms with Gasteiger partial charge in [-0.15, -0.1) is 0 Å². The number of thiol groups is 1. The Hall–Kier alpha value is -1.10. The zero-order chi connectivity index (χ0) is 12.0. The van der Waals surface area contributed by atoms with Gasteiger partial charge in [-0.3, -0.25) is 4.79 Å². The van der Waals surface area contributed by atoms with E-state index in [9.17, 15) is 13.6 Å². The highest BCUT2D eigenvalue weighted by Crippen LogP contribution is 2.07. The molecule has 0 saturated heterocycles. The van der Waals surface area contributed by atoms with Crippen LogP contribution in [0.15, 0.2) is 30.3 Å². The van der Waals surface area contributed by atoms with Crippen LogP contribution in [-0.2, 0) is 11.2 Å². The molecular weight excluding hydrogens is 232 g/mol. The molecule has 1 unspecified atom stereocenters. The number of carbonyl (C=O) groups is 1. The van der Waals surface area contributed by atoms with Gasteiger partial charge in [0.15, 0.2) is 0 Å². The fourth-order valence-corrected chi connectivity index (χ4v) is 1.53. The Kier molecular flexibility index (Phi) is 5.25. The van der Waals surface area contributed by atoms with E-state index in [0.29, 0.717) is 6.42 Å². The quantitative estimate of drug-likeness (QED) is 0.762. The maximum atomic E-state index is 11.8. The molecule has 0 aliphatic carbocycles. The molecule has 0 aliphatic heterocycles. The maximum Gasteiger partial charge on any atom is 0.255 e. The summed E-state index contributed by atoms with van der Waals surface area (Å²) < 4.78 is 23.7. The summed E-state index contributed by atoms with van der Waals surface area (Å²) in [6.07, 6.45) is -2.10. The van der Waals surface area contributed by atoms with Crippen molar-refractivity contribution in [2.75, 3.05) is 6.54 Å². The van der Waals surface area contributed by atoms with E-state index in [1.54, 1.807) is 0 Å². The van der Waals surface area contributed by atoms with Crippen LogP contribution in [-0.4, -0.2) is 24.1 Å². The van der Waals surface area contributed by atoms with Crippen molar-refractivity contribution in [2.24, 2.45) is 0 Å². The summed E-state index contributed by atoms with van der Waals surface area (Å²) in [5.74, 6) is -0.465. The van der Waals surface area contributed by atoms with Gasteiger partial charge >= 0.3 is 0 Å². The van der Waals surface area contributed by atoms with E-state index in [0.717, 1.165) is 5.56 Å². The molecule has 0 fully saturated rings. The molecule has 0 radical (unpaired) electrons. The lowest BCUT2D eigenvalue weighted by atomic mass is 10.1. The summed E-state index contributed by atoms with van der Waals surface area (Å²) in [4.78, 5) is 11.3. The van der Waals surface area contributed by atoms with Crippen molar-refractivity contribution in [3.05, 3.63) is 35.9 Å². The van der Waals surface area contributed by atoms with Gasteiger partial charge in [-0.25, -0.2) is 8.78 Å². The summed E-state index contributed by atoms with van der Waals surface area (Å²) in [6, 6.07) is 9.31. The monoisotopic (exact) mass is 245 g/mol. The average Bonchev–Trinajstić information content (AvgIpc) is 2.27. The lowest BCUT2D eigenvalue weighted by Gasteiger charge is -2.11. The zero-order valence-corrected chi connectivity index (χ0v) is 9.46. The van der Waals surface area contributed by atoms with E-state index < -0.39 is 24.1 Å². The van der Waals surface area contributed by atoms with Crippen LogP contribution >= 0.6 is 12.6 Å². The third-order valence-electron chi connectivity index (χ3n) is 2.01. The molecule has 0 saturated carbocycles. The molecule has 0 bridgehead atoms. The number of hydrogen-bond donors (Lipinski definition) is 2. The Morgan fingerprint density at radius 1 is 1.31 bits per heavy atom. The summed E-state index contributed by atoms with van der Waals surface area (Å²) >= 11 is 4.08. The van der Waals surface area contributed by atoms with Gasteiger partial charge in [0.2, 0.25) is 5.91 Å². The van der Waals surface area contributed by atoms with Gasteiger partial charge in [0.05, 0.1) is 11.8 Å². The first-order valence-corrected chi connectivity index (χ1v) is 5.39. The van der Waals surface area contributed by atoms with E-state index in [-0.39, 0.29) is 0 Å². The fourth-order valence-electron chi connectivity index (χ4n) is 1.23. The highest BCUT2D eigenvalue weighted by Gasteiger charge is 2.15. The lowest BCUT2D eigenvalue weighted by molar-refractivity contribution is -0.121. The minimum atomic E-state index is -2.53. The molecule has 0 heterocycles. The SMILES string of the molecule is O=C(NCC(F)F)C(S)Cc1ccccc1. The van der Waals surface area contributed by atoms with Crippen molar-refractivity contribution >= 4 is 18.5 Å². The van der Waals surface area contributed by atoms with Gasteiger partial charge in [-0.1, -0.05) is 30.3 Å². The first kappa shape index (κ1) is 13.0. The molecule has 2 nitrogen and oxygen atoms in total. The molecule has 1 aromatic rings. The second-order valence-corrected chi connectivity index (χ2v) is 3.97. The largest absolute Gasteiger partial charge is 0.349 e. The summed E-state index contributed by atoms with van der Waals surface area (Å²) in [5, 5.41) is 1.54. The van der Waals surface area contributed by atoms with Crippen LogP contribution in [0, 0.1) is 0 Å². The van der Waals surface area contributed by atoms with E-state index in [1.807, 2.05) is 30.3 Å². The minimum Gasteiger partial charge on any atom is -0.349 e. The summed E-state index contributed by atoms with van der Waals surface area (Å²) in [7, 11) is 0. The van der Waals surface area contributed by atoms with Crippen LogP contribution < -0.4 is 5.32 Å². The molecule has 1 aromatic carbocycles. The highest BCUT2D eigenvalue weighted by molar-refractivity contribution is 7.81. The number of rotatable bonds is 5. The van der Waals surface area contributed by atoms with Crippen molar-refractivity contribution in [1.29, 1.82) is 0 Å². The molecule has 88 valence electrons. The zero-order valence-electron chi connectivity index (χ0n) is 8.57. The predicted octanol–water partition coefficient (Wildman–Crippen LogP) is 1.91. The Labute approximate surface area is 98.5 Å². The highest BCUT2D eigenvalue weighted by atomic mass is 32.1. The molecule has 1 atom stereocenters. The van der Waals surface area contributed by atoms with Crippen LogP contribution in [0.2, 0.25) is 0 Å². The Morgan fingerprint density at radius 2 is 1.94 bits per heavy atom. The number of amides is 1. The second kappa shape index (κ2) is 6.48. The average molecular weight is 245 g/mol. The molecular formula is C11H13F2NOS. The minimum absolute atomic E-state index is 0.430. The number of benzene rings is 1. The molecule has 1 N–H and O–H groups in total. The van der Waals surface area contributed by atoms with Crippen molar-refractivity contribution < 1.29 is 13.6 Å². The van der Waals surface area contributed by atoms with Gasteiger partial charge < -0.3 is 5.32 Å². The molecule has 1 rings (SSSR count). The molecule has 0 aromatic heterocycles. The number of halogens is 2. The van der Waals surface area contributed by atoms with Gasteiger partial charge in [0.1, 0.15) is 0 Å². The van der Waals surface area contributed by atoms with Crippen molar-refractivity contribution in [3.63, 3.8) is 0 Å². The first-order chi connectivity index (χ1) is 7.59. The standard InChI is InChI=1S/C11H13F2NOS/c12-10(13)7-14-11(15)9(16)6-8-4-2-1-3-5-8/h1-5,9-10,16H,6-7H2,(H,14,15). The maximum absolute atomic E-state index is 11.8. The number of carbonyl (C=O) groups excluding carboxylic acids is 1. The third kappa shape index (κ3) is 4.61. The van der Waals surface area contributed by atoms with Crippen molar-refractivity contribution in [2.45, 2.75) is 18.1 Å². The Balaban J connectivity index is 2.40. The Bertz CT molecular complexity index is 332.